The van der Waals surface area contributed by atoms with Gasteiger partial charge < -0.3 is 28.4 Å². The summed E-state index contributed by atoms with van der Waals surface area (Å²) in [7, 11) is 2.71. The SMILES string of the molecule is COC(=O)COc1c2cccc1Cc1cccc3c1OCC/C=C\CCOc1c(cccc1Cc1cccc(c1OCC(=O)OC)C3)C2. The number of fused-ring (bicyclic) bond motifs is 6. The number of carbonyl (C=O) groups excluding carboxylic acids is 2. The highest BCUT2D eigenvalue weighted by Gasteiger charge is 2.22. The first-order valence-corrected chi connectivity index (χ1v) is 16.3. The van der Waals surface area contributed by atoms with Crippen LogP contribution in [0.1, 0.15) is 57.3 Å². The third-order valence-electron chi connectivity index (χ3n) is 8.59. The van der Waals surface area contributed by atoms with Crippen LogP contribution in [-0.2, 0) is 44.7 Å². The minimum Gasteiger partial charge on any atom is -0.493 e. The monoisotopic (exact) mass is 648 g/mol. The highest BCUT2D eigenvalue weighted by atomic mass is 16.6. The second-order valence-corrected chi connectivity index (χ2v) is 11.8. The van der Waals surface area contributed by atoms with Crippen molar-refractivity contribution >= 4 is 11.9 Å². The molecule has 0 fully saturated rings. The van der Waals surface area contributed by atoms with E-state index in [1.807, 2.05) is 48.5 Å². The predicted molar refractivity (Wildman–Crippen MR) is 181 cm³/mol. The Hall–Kier alpha value is -5.24. The molecule has 4 aromatic carbocycles. The van der Waals surface area contributed by atoms with Crippen molar-refractivity contribution < 1.29 is 38.0 Å². The molecule has 0 saturated carbocycles. The standard InChI is InChI=1S/C40H40O8/c1-43-35(41)25-47-39-31-15-9-16-32(39)22-28-12-8-14-30-24-34-18-10-17-33(40(34)48-26-36(42)44-2)23-29-13-7-11-27(21-31)37(29)45-19-5-3-4-6-20-46-38(28)30/h3-4,7-18H,5-6,19-26H2,1-2H3/b4-3-. The Morgan fingerprint density at radius 3 is 1.15 bits per heavy atom. The van der Waals surface area contributed by atoms with Gasteiger partial charge in [0.25, 0.3) is 0 Å². The van der Waals surface area contributed by atoms with Crippen molar-refractivity contribution in [1.29, 1.82) is 0 Å². The number of rotatable bonds is 6. The molecule has 3 aliphatic rings. The number of hydrogen-bond donors (Lipinski definition) is 0. The fourth-order valence-corrected chi connectivity index (χ4v) is 6.30. The predicted octanol–water partition coefficient (Wildman–Crippen LogP) is 6.57. The molecule has 0 saturated heterocycles. The number of methoxy groups -OCH3 is 2. The smallest absolute Gasteiger partial charge is 0.343 e. The van der Waals surface area contributed by atoms with Gasteiger partial charge in [-0.25, -0.2) is 9.59 Å². The summed E-state index contributed by atoms with van der Waals surface area (Å²) in [5.41, 5.74) is 7.68. The maximum atomic E-state index is 12.3. The van der Waals surface area contributed by atoms with Crippen LogP contribution in [0.5, 0.6) is 23.0 Å². The zero-order chi connectivity index (χ0) is 33.3. The molecule has 0 atom stereocenters. The van der Waals surface area contributed by atoms with Crippen molar-refractivity contribution in [3.05, 3.63) is 129 Å². The van der Waals surface area contributed by atoms with Crippen LogP contribution in [0.3, 0.4) is 0 Å². The first kappa shape index (κ1) is 32.7. The Morgan fingerprint density at radius 1 is 0.521 bits per heavy atom. The fraction of sp³-hybridized carbons (Fsp3) is 0.300. The molecule has 8 nitrogen and oxygen atoms in total. The topological polar surface area (TPSA) is 89.5 Å². The van der Waals surface area contributed by atoms with Gasteiger partial charge in [-0.1, -0.05) is 84.9 Å². The zero-order valence-corrected chi connectivity index (χ0v) is 27.4. The van der Waals surface area contributed by atoms with Gasteiger partial charge in [-0.15, -0.1) is 0 Å². The molecule has 2 aliphatic heterocycles. The minimum absolute atomic E-state index is 0.206. The Kier molecular flexibility index (Phi) is 10.6. The third kappa shape index (κ3) is 7.65. The van der Waals surface area contributed by atoms with Crippen molar-refractivity contribution in [2.45, 2.75) is 38.5 Å². The van der Waals surface area contributed by atoms with Gasteiger partial charge in [-0.3, -0.25) is 0 Å². The van der Waals surface area contributed by atoms with Gasteiger partial charge in [-0.05, 0) is 57.3 Å². The molecule has 0 radical (unpaired) electrons. The van der Waals surface area contributed by atoms with E-state index in [0.29, 0.717) is 50.4 Å². The fourth-order valence-electron chi connectivity index (χ4n) is 6.30. The van der Waals surface area contributed by atoms with E-state index < -0.39 is 11.9 Å². The second kappa shape index (κ2) is 15.6. The molecule has 10 bridgehead atoms. The molecule has 2 heterocycles. The van der Waals surface area contributed by atoms with Crippen LogP contribution in [0.15, 0.2) is 84.9 Å². The highest BCUT2D eigenvalue weighted by Crippen LogP contribution is 2.39. The Balaban J connectivity index is 1.59. The number of para-hydroxylation sites is 4. The van der Waals surface area contributed by atoms with E-state index in [2.05, 4.69) is 36.4 Å². The van der Waals surface area contributed by atoms with Crippen molar-refractivity contribution in [1.82, 2.24) is 0 Å². The van der Waals surface area contributed by atoms with Crippen molar-refractivity contribution in [2.24, 2.45) is 0 Å². The largest absolute Gasteiger partial charge is 0.493 e. The van der Waals surface area contributed by atoms with Crippen molar-refractivity contribution in [3.8, 4) is 23.0 Å². The average molecular weight is 649 g/mol. The van der Waals surface area contributed by atoms with Crippen molar-refractivity contribution in [3.63, 3.8) is 0 Å². The van der Waals surface area contributed by atoms with Gasteiger partial charge in [0.2, 0.25) is 0 Å². The van der Waals surface area contributed by atoms with Crippen LogP contribution in [0.2, 0.25) is 0 Å². The van der Waals surface area contributed by atoms with E-state index in [0.717, 1.165) is 68.8 Å². The second-order valence-electron chi connectivity index (χ2n) is 11.8. The molecule has 0 amide bonds. The lowest BCUT2D eigenvalue weighted by Crippen LogP contribution is -2.15. The third-order valence-corrected chi connectivity index (χ3v) is 8.59. The number of esters is 2. The van der Waals surface area contributed by atoms with Crippen LogP contribution >= 0.6 is 0 Å². The minimum atomic E-state index is -0.452. The van der Waals surface area contributed by atoms with Gasteiger partial charge >= 0.3 is 11.9 Å². The summed E-state index contributed by atoms with van der Waals surface area (Å²) < 4.78 is 35.5. The molecule has 8 heteroatoms. The summed E-state index contributed by atoms with van der Waals surface area (Å²) in [5.74, 6) is 1.99. The van der Waals surface area contributed by atoms with E-state index >= 15 is 0 Å². The van der Waals surface area contributed by atoms with Gasteiger partial charge in [0, 0.05) is 25.7 Å². The summed E-state index contributed by atoms with van der Waals surface area (Å²) in [6.45, 7) is 0.571. The van der Waals surface area contributed by atoms with Crippen LogP contribution in [0.25, 0.3) is 0 Å². The summed E-state index contributed by atoms with van der Waals surface area (Å²) >= 11 is 0. The highest BCUT2D eigenvalue weighted by molar-refractivity contribution is 5.71. The number of benzene rings is 4. The average Bonchev–Trinajstić information content (AvgIpc) is 3.09. The maximum absolute atomic E-state index is 12.3. The summed E-state index contributed by atoms with van der Waals surface area (Å²) in [4.78, 5) is 24.5. The quantitative estimate of drug-likeness (QED) is 0.151. The van der Waals surface area contributed by atoms with Crippen LogP contribution < -0.4 is 18.9 Å². The molecule has 0 aromatic heterocycles. The molecule has 0 N–H and O–H groups in total. The van der Waals surface area contributed by atoms with E-state index in [1.165, 1.54) is 14.2 Å². The lowest BCUT2D eigenvalue weighted by atomic mass is 9.91. The molecule has 0 unspecified atom stereocenters. The normalized spacial score (nSPS) is 14.6. The first-order chi connectivity index (χ1) is 23.5. The molecule has 0 spiro atoms. The Bertz CT molecular complexity index is 1590. The first-order valence-electron chi connectivity index (χ1n) is 16.3. The van der Waals surface area contributed by atoms with Gasteiger partial charge in [0.1, 0.15) is 23.0 Å². The summed E-state index contributed by atoms with van der Waals surface area (Å²) in [5, 5.41) is 0. The molecular formula is C40H40O8. The lowest BCUT2D eigenvalue weighted by molar-refractivity contribution is -0.143. The molecular weight excluding hydrogens is 608 g/mol. The molecule has 48 heavy (non-hydrogen) atoms. The number of hydrogen-bond acceptors (Lipinski definition) is 8. The Morgan fingerprint density at radius 2 is 0.833 bits per heavy atom. The van der Waals surface area contributed by atoms with Gasteiger partial charge in [0.05, 0.1) is 27.4 Å². The van der Waals surface area contributed by atoms with E-state index in [4.69, 9.17) is 28.4 Å². The summed E-state index contributed by atoms with van der Waals surface area (Å²) in [6.07, 6.45) is 7.80. The molecule has 248 valence electrons. The number of ether oxygens (including phenoxy) is 6. The van der Waals surface area contributed by atoms with Crippen LogP contribution in [-0.4, -0.2) is 52.6 Å². The van der Waals surface area contributed by atoms with E-state index in [-0.39, 0.29) is 13.2 Å². The zero-order valence-electron chi connectivity index (χ0n) is 27.4. The Labute approximate surface area is 281 Å². The van der Waals surface area contributed by atoms with E-state index in [1.54, 1.807) is 0 Å². The molecule has 1 aliphatic carbocycles. The van der Waals surface area contributed by atoms with Crippen molar-refractivity contribution in [2.75, 3.05) is 40.6 Å². The van der Waals surface area contributed by atoms with Crippen LogP contribution in [0.4, 0.5) is 0 Å². The summed E-state index contributed by atoms with van der Waals surface area (Å²) in [6, 6.07) is 24.5. The van der Waals surface area contributed by atoms with Gasteiger partial charge in [-0.2, -0.15) is 0 Å². The van der Waals surface area contributed by atoms with E-state index in [9.17, 15) is 9.59 Å². The molecule has 7 rings (SSSR count). The number of carbonyl (C=O) groups is 2. The van der Waals surface area contributed by atoms with Gasteiger partial charge in [0.15, 0.2) is 13.2 Å². The van der Waals surface area contributed by atoms with Crippen LogP contribution in [0, 0.1) is 0 Å². The molecule has 4 aromatic rings. The maximum Gasteiger partial charge on any atom is 0.343 e. The lowest BCUT2D eigenvalue weighted by Gasteiger charge is -2.22.